The number of carbonyl (C=O) groups is 1. The molecule has 2 amide bonds. The standard InChI is InChI=1S/C20H24F3N5O3/c1-30-9-8-17-25-26-18-10-14-4-5-15(12-27(17)18)28(14)19(29)24-11-13-2-6-16(7-3-13)31-20(21,22)23/h2-3,6-7,14-15H,4-5,8-12H2,1H3,(H,24,29). The third kappa shape index (κ3) is 4.92. The van der Waals surface area contributed by atoms with Crippen LogP contribution in [0, 0.1) is 0 Å². The summed E-state index contributed by atoms with van der Waals surface area (Å²) in [6, 6.07) is 5.39. The second-order valence-electron chi connectivity index (χ2n) is 7.73. The highest BCUT2D eigenvalue weighted by Gasteiger charge is 2.41. The number of halogens is 3. The van der Waals surface area contributed by atoms with E-state index in [-0.39, 0.29) is 30.4 Å². The minimum absolute atomic E-state index is 0.0473. The lowest BCUT2D eigenvalue weighted by atomic mass is 10.1. The minimum Gasteiger partial charge on any atom is -0.406 e. The van der Waals surface area contributed by atoms with Crippen molar-refractivity contribution in [2.24, 2.45) is 0 Å². The van der Waals surface area contributed by atoms with Crippen LogP contribution in [0.15, 0.2) is 24.3 Å². The number of ether oxygens (including phenoxy) is 2. The number of rotatable bonds is 6. The third-order valence-electron chi connectivity index (χ3n) is 5.70. The second-order valence-corrected chi connectivity index (χ2v) is 7.73. The van der Waals surface area contributed by atoms with E-state index in [1.54, 1.807) is 7.11 Å². The Labute approximate surface area is 177 Å². The van der Waals surface area contributed by atoms with Gasteiger partial charge in [0.2, 0.25) is 0 Å². The number of methoxy groups -OCH3 is 1. The molecule has 168 valence electrons. The van der Waals surface area contributed by atoms with Crippen molar-refractivity contribution >= 4 is 6.03 Å². The number of carbonyl (C=O) groups excluding carboxylic acids is 1. The summed E-state index contributed by atoms with van der Waals surface area (Å²) in [6.45, 7) is 1.42. The molecule has 3 heterocycles. The number of hydrogen-bond donors (Lipinski definition) is 1. The zero-order valence-electron chi connectivity index (χ0n) is 17.1. The monoisotopic (exact) mass is 439 g/mol. The Morgan fingerprint density at radius 3 is 2.65 bits per heavy atom. The average molecular weight is 439 g/mol. The number of benzene rings is 1. The molecule has 2 aromatic rings. The summed E-state index contributed by atoms with van der Waals surface area (Å²) in [5.74, 6) is 1.46. The summed E-state index contributed by atoms with van der Waals surface area (Å²) in [5, 5.41) is 11.5. The van der Waals surface area contributed by atoms with Gasteiger partial charge in [-0.2, -0.15) is 0 Å². The predicted octanol–water partition coefficient (Wildman–Crippen LogP) is 2.66. The lowest BCUT2D eigenvalue weighted by molar-refractivity contribution is -0.274. The topological polar surface area (TPSA) is 81.5 Å². The molecule has 0 radical (unpaired) electrons. The summed E-state index contributed by atoms with van der Waals surface area (Å²) < 4.78 is 47.9. The van der Waals surface area contributed by atoms with Crippen molar-refractivity contribution in [2.45, 2.75) is 57.2 Å². The number of aromatic nitrogens is 3. The molecular formula is C20H24F3N5O3. The highest BCUT2D eigenvalue weighted by atomic mass is 19.4. The lowest BCUT2D eigenvalue weighted by Gasteiger charge is -2.28. The third-order valence-corrected chi connectivity index (χ3v) is 5.70. The molecule has 8 nitrogen and oxygen atoms in total. The first-order valence-corrected chi connectivity index (χ1v) is 10.1. The fourth-order valence-corrected chi connectivity index (χ4v) is 4.28. The highest BCUT2D eigenvalue weighted by Crippen LogP contribution is 2.31. The van der Waals surface area contributed by atoms with Gasteiger partial charge in [0, 0.05) is 39.1 Å². The minimum atomic E-state index is -4.73. The van der Waals surface area contributed by atoms with Crippen molar-refractivity contribution in [3.05, 3.63) is 41.5 Å². The maximum Gasteiger partial charge on any atom is 0.573 e. The van der Waals surface area contributed by atoms with Crippen LogP contribution >= 0.6 is 0 Å². The van der Waals surface area contributed by atoms with E-state index < -0.39 is 6.36 Å². The first-order valence-electron chi connectivity index (χ1n) is 10.1. The summed E-state index contributed by atoms with van der Waals surface area (Å²) in [6.07, 6.45) is -1.60. The number of nitrogens with one attached hydrogen (secondary N) is 1. The molecule has 1 aromatic carbocycles. The van der Waals surface area contributed by atoms with E-state index in [1.807, 2.05) is 4.90 Å². The van der Waals surface area contributed by atoms with Crippen LogP contribution in [0.4, 0.5) is 18.0 Å². The number of hydrogen-bond acceptors (Lipinski definition) is 5. The number of nitrogens with zero attached hydrogens (tertiary/aromatic N) is 4. The number of amides is 2. The maximum atomic E-state index is 12.9. The van der Waals surface area contributed by atoms with Gasteiger partial charge in [0.25, 0.3) is 0 Å². The molecule has 11 heteroatoms. The fourth-order valence-electron chi connectivity index (χ4n) is 4.28. The zero-order valence-corrected chi connectivity index (χ0v) is 17.1. The number of fused-ring (bicyclic) bond motifs is 3. The molecule has 4 rings (SSSR count). The summed E-state index contributed by atoms with van der Waals surface area (Å²) in [5.41, 5.74) is 0.684. The van der Waals surface area contributed by atoms with E-state index in [0.717, 1.165) is 24.5 Å². The largest absolute Gasteiger partial charge is 0.573 e. The zero-order chi connectivity index (χ0) is 22.0. The Kier molecular flexibility index (Phi) is 6.03. The van der Waals surface area contributed by atoms with Gasteiger partial charge in [-0.3, -0.25) is 0 Å². The molecule has 1 saturated heterocycles. The van der Waals surface area contributed by atoms with Gasteiger partial charge in [-0.1, -0.05) is 12.1 Å². The van der Waals surface area contributed by atoms with Crippen LogP contribution in [0.1, 0.15) is 30.1 Å². The molecule has 2 unspecified atom stereocenters. The molecule has 0 aliphatic carbocycles. The first-order chi connectivity index (χ1) is 14.8. The molecule has 1 aromatic heterocycles. The van der Waals surface area contributed by atoms with E-state index in [0.29, 0.717) is 31.6 Å². The molecule has 1 N–H and O–H groups in total. The molecular weight excluding hydrogens is 415 g/mol. The summed E-state index contributed by atoms with van der Waals surface area (Å²) in [7, 11) is 1.64. The Bertz CT molecular complexity index is 916. The fraction of sp³-hybridized carbons (Fsp3) is 0.550. The van der Waals surface area contributed by atoms with Crippen molar-refractivity contribution in [1.29, 1.82) is 0 Å². The van der Waals surface area contributed by atoms with Crippen molar-refractivity contribution in [1.82, 2.24) is 25.0 Å². The Morgan fingerprint density at radius 1 is 1.19 bits per heavy atom. The van der Waals surface area contributed by atoms with Gasteiger partial charge < -0.3 is 24.3 Å². The van der Waals surface area contributed by atoms with Crippen LogP contribution in [-0.4, -0.2) is 57.9 Å². The van der Waals surface area contributed by atoms with Crippen molar-refractivity contribution in [3.63, 3.8) is 0 Å². The van der Waals surface area contributed by atoms with Crippen LogP contribution < -0.4 is 10.1 Å². The van der Waals surface area contributed by atoms with E-state index in [1.165, 1.54) is 24.3 Å². The molecule has 0 saturated carbocycles. The van der Waals surface area contributed by atoms with Gasteiger partial charge in [0.1, 0.15) is 17.4 Å². The average Bonchev–Trinajstić information content (AvgIpc) is 3.23. The van der Waals surface area contributed by atoms with Gasteiger partial charge in [0.05, 0.1) is 12.6 Å². The van der Waals surface area contributed by atoms with Crippen LogP contribution in [0.25, 0.3) is 0 Å². The van der Waals surface area contributed by atoms with Gasteiger partial charge >= 0.3 is 12.4 Å². The van der Waals surface area contributed by atoms with Crippen LogP contribution in [0.3, 0.4) is 0 Å². The normalized spacial score (nSPS) is 20.3. The van der Waals surface area contributed by atoms with Crippen molar-refractivity contribution in [2.75, 3.05) is 13.7 Å². The summed E-state index contributed by atoms with van der Waals surface area (Å²) in [4.78, 5) is 14.8. The molecule has 1 fully saturated rings. The predicted molar refractivity (Wildman–Crippen MR) is 103 cm³/mol. The lowest BCUT2D eigenvalue weighted by Crippen LogP contribution is -2.47. The molecule has 2 atom stereocenters. The van der Waals surface area contributed by atoms with E-state index in [4.69, 9.17) is 4.74 Å². The molecule has 31 heavy (non-hydrogen) atoms. The van der Waals surface area contributed by atoms with Crippen LogP contribution in [-0.2, 0) is 30.7 Å². The number of urea groups is 1. The van der Waals surface area contributed by atoms with Crippen LogP contribution in [0.2, 0.25) is 0 Å². The summed E-state index contributed by atoms with van der Waals surface area (Å²) >= 11 is 0. The molecule has 0 spiro atoms. The second kappa shape index (κ2) is 8.74. The van der Waals surface area contributed by atoms with Gasteiger partial charge in [-0.25, -0.2) is 4.79 Å². The Hall–Kier alpha value is -2.82. The quantitative estimate of drug-likeness (QED) is 0.749. The van der Waals surface area contributed by atoms with Gasteiger partial charge in [0.15, 0.2) is 0 Å². The first kappa shape index (κ1) is 21.4. The molecule has 2 bridgehead atoms. The van der Waals surface area contributed by atoms with Gasteiger partial charge in [-0.05, 0) is 30.5 Å². The molecule has 2 aliphatic heterocycles. The Morgan fingerprint density at radius 2 is 1.94 bits per heavy atom. The Balaban J connectivity index is 1.38. The van der Waals surface area contributed by atoms with Crippen molar-refractivity contribution < 1.29 is 27.4 Å². The van der Waals surface area contributed by atoms with Gasteiger partial charge in [-0.15, -0.1) is 23.4 Å². The molecule has 2 aliphatic rings. The SMILES string of the molecule is COCCc1nnc2n1CC1CCC(C2)N1C(=O)NCc1ccc(OC(F)(F)F)cc1. The van der Waals surface area contributed by atoms with Crippen LogP contribution in [0.5, 0.6) is 5.75 Å². The van der Waals surface area contributed by atoms with E-state index in [2.05, 4.69) is 24.8 Å². The van der Waals surface area contributed by atoms with Crippen molar-refractivity contribution in [3.8, 4) is 5.75 Å². The smallest absolute Gasteiger partial charge is 0.406 e. The maximum absolute atomic E-state index is 12.9. The number of alkyl halides is 3. The van der Waals surface area contributed by atoms with E-state index >= 15 is 0 Å². The van der Waals surface area contributed by atoms with E-state index in [9.17, 15) is 18.0 Å². The highest BCUT2D eigenvalue weighted by molar-refractivity contribution is 5.75.